The second kappa shape index (κ2) is 6.35. The normalized spacial score (nSPS) is 16.2. The molecule has 4 rings (SSSR count). The lowest BCUT2D eigenvalue weighted by atomic mass is 9.82. The third-order valence-corrected chi connectivity index (χ3v) is 4.70. The average Bonchev–Trinajstić information content (AvgIpc) is 2.67. The summed E-state index contributed by atoms with van der Waals surface area (Å²) in [6, 6.07) is 14.9. The van der Waals surface area contributed by atoms with Crippen LogP contribution in [-0.2, 0) is 9.53 Å². The predicted molar refractivity (Wildman–Crippen MR) is 98.9 cm³/mol. The zero-order valence-corrected chi connectivity index (χ0v) is 14.7. The summed E-state index contributed by atoms with van der Waals surface area (Å²) in [7, 11) is 1.32. The number of nitrogens with zero attached hydrogens (tertiary/aromatic N) is 1. The highest BCUT2D eigenvalue weighted by Crippen LogP contribution is 2.45. The molecule has 0 radical (unpaired) electrons. The fourth-order valence-corrected chi connectivity index (χ4v) is 3.39. The summed E-state index contributed by atoms with van der Waals surface area (Å²) in [5.41, 5.74) is 8.73. The Morgan fingerprint density at radius 1 is 1.19 bits per heavy atom. The summed E-state index contributed by atoms with van der Waals surface area (Å²) in [6.45, 7) is 0. The summed E-state index contributed by atoms with van der Waals surface area (Å²) in [4.78, 5) is 16.8. The minimum absolute atomic E-state index is 0.0162. The molecule has 1 aliphatic heterocycles. The third-order valence-electron chi connectivity index (χ3n) is 4.44. The zero-order valence-electron chi connectivity index (χ0n) is 13.9. The fourth-order valence-electron chi connectivity index (χ4n) is 3.26. The first-order chi connectivity index (χ1) is 12.6. The molecule has 5 nitrogen and oxygen atoms in total. The highest BCUT2D eigenvalue weighted by molar-refractivity contribution is 6.30. The topological polar surface area (TPSA) is 74.4 Å². The van der Waals surface area contributed by atoms with E-state index in [-0.39, 0.29) is 11.5 Å². The molecular formula is C20H15ClN2O3. The second-order valence-corrected chi connectivity index (χ2v) is 6.35. The number of carbonyl (C=O) groups is 1. The quantitative estimate of drug-likeness (QED) is 0.699. The molecule has 1 atom stereocenters. The maximum atomic E-state index is 12.4. The molecule has 2 aromatic carbocycles. The fraction of sp³-hybridized carbons (Fsp3) is 0.100. The summed E-state index contributed by atoms with van der Waals surface area (Å²) in [6.07, 6.45) is 1.69. The van der Waals surface area contributed by atoms with Crippen LogP contribution < -0.4 is 10.5 Å². The van der Waals surface area contributed by atoms with Gasteiger partial charge in [-0.3, -0.25) is 4.98 Å². The number of carbonyl (C=O) groups excluding carboxylic acids is 1. The molecule has 0 spiro atoms. The molecule has 3 aromatic rings. The zero-order chi connectivity index (χ0) is 18.3. The molecule has 0 fully saturated rings. The molecule has 0 aliphatic carbocycles. The van der Waals surface area contributed by atoms with Crippen molar-refractivity contribution in [2.24, 2.45) is 5.73 Å². The van der Waals surface area contributed by atoms with E-state index in [2.05, 4.69) is 4.98 Å². The van der Waals surface area contributed by atoms with Crippen molar-refractivity contribution >= 4 is 28.5 Å². The molecule has 130 valence electrons. The first-order valence-corrected chi connectivity index (χ1v) is 8.37. The number of benzene rings is 2. The lowest BCUT2D eigenvalue weighted by Gasteiger charge is -2.28. The van der Waals surface area contributed by atoms with Gasteiger partial charge in [-0.15, -0.1) is 0 Å². The lowest BCUT2D eigenvalue weighted by Crippen LogP contribution is -2.27. The van der Waals surface area contributed by atoms with Gasteiger partial charge < -0.3 is 15.2 Å². The minimum Gasteiger partial charge on any atom is -0.465 e. The molecule has 2 heterocycles. The summed E-state index contributed by atoms with van der Waals surface area (Å²) in [5.74, 6) is -0.403. The standard InChI is InChI=1S/C20H15ClN2O3/c1-25-20(24)16-15(11-4-7-13(21)8-5-11)14-9-6-12-3-2-10-23-17(12)18(14)26-19(16)22/h2-10,15H,22H2,1H3. The van der Waals surface area contributed by atoms with E-state index >= 15 is 0 Å². The van der Waals surface area contributed by atoms with Gasteiger partial charge in [0, 0.05) is 22.2 Å². The monoisotopic (exact) mass is 366 g/mol. The van der Waals surface area contributed by atoms with Crippen molar-refractivity contribution in [3.8, 4) is 5.75 Å². The molecule has 0 saturated heterocycles. The van der Waals surface area contributed by atoms with E-state index in [4.69, 9.17) is 26.8 Å². The van der Waals surface area contributed by atoms with E-state index in [0.29, 0.717) is 16.3 Å². The van der Waals surface area contributed by atoms with Gasteiger partial charge in [0.25, 0.3) is 0 Å². The van der Waals surface area contributed by atoms with Gasteiger partial charge in [-0.1, -0.05) is 41.9 Å². The molecule has 2 N–H and O–H groups in total. The second-order valence-electron chi connectivity index (χ2n) is 5.92. The Labute approximate surface area is 155 Å². The number of halogens is 1. The number of hydrogen-bond donors (Lipinski definition) is 1. The maximum Gasteiger partial charge on any atom is 0.340 e. The van der Waals surface area contributed by atoms with E-state index in [0.717, 1.165) is 16.5 Å². The van der Waals surface area contributed by atoms with Gasteiger partial charge in [0.2, 0.25) is 5.88 Å². The Balaban J connectivity index is 2.00. The molecular weight excluding hydrogens is 352 g/mol. The Morgan fingerprint density at radius 3 is 2.69 bits per heavy atom. The van der Waals surface area contributed by atoms with Crippen LogP contribution >= 0.6 is 11.6 Å². The predicted octanol–water partition coefficient (Wildman–Crippen LogP) is 3.76. The van der Waals surface area contributed by atoms with Gasteiger partial charge in [-0.25, -0.2) is 4.79 Å². The number of esters is 1. The van der Waals surface area contributed by atoms with Crippen molar-refractivity contribution in [1.82, 2.24) is 4.98 Å². The van der Waals surface area contributed by atoms with Crippen LogP contribution in [0.4, 0.5) is 0 Å². The Kier molecular flexibility index (Phi) is 4.01. The van der Waals surface area contributed by atoms with Gasteiger partial charge in [0.15, 0.2) is 5.75 Å². The highest BCUT2D eigenvalue weighted by Gasteiger charge is 2.36. The molecule has 0 saturated carbocycles. The molecule has 0 bridgehead atoms. The van der Waals surface area contributed by atoms with Crippen LogP contribution in [0, 0.1) is 0 Å². The van der Waals surface area contributed by atoms with E-state index in [9.17, 15) is 4.79 Å². The van der Waals surface area contributed by atoms with E-state index in [1.54, 1.807) is 18.3 Å². The van der Waals surface area contributed by atoms with E-state index in [1.807, 2.05) is 36.4 Å². The van der Waals surface area contributed by atoms with Crippen LogP contribution in [0.5, 0.6) is 5.75 Å². The number of ether oxygens (including phenoxy) is 2. The van der Waals surface area contributed by atoms with E-state index in [1.165, 1.54) is 7.11 Å². The smallest absolute Gasteiger partial charge is 0.340 e. The number of aromatic nitrogens is 1. The third kappa shape index (κ3) is 2.57. The first kappa shape index (κ1) is 16.4. The summed E-state index contributed by atoms with van der Waals surface area (Å²) >= 11 is 6.02. The van der Waals surface area contributed by atoms with Gasteiger partial charge in [-0.05, 0) is 23.8 Å². The first-order valence-electron chi connectivity index (χ1n) is 7.99. The van der Waals surface area contributed by atoms with Crippen molar-refractivity contribution in [1.29, 1.82) is 0 Å². The lowest BCUT2D eigenvalue weighted by molar-refractivity contribution is -0.136. The van der Waals surface area contributed by atoms with Gasteiger partial charge in [-0.2, -0.15) is 0 Å². The number of rotatable bonds is 2. The minimum atomic E-state index is -0.533. The van der Waals surface area contributed by atoms with Crippen molar-refractivity contribution in [3.63, 3.8) is 0 Å². The molecule has 6 heteroatoms. The Hall–Kier alpha value is -3.05. The van der Waals surface area contributed by atoms with Crippen molar-refractivity contribution in [3.05, 3.63) is 82.3 Å². The summed E-state index contributed by atoms with van der Waals surface area (Å²) < 4.78 is 10.8. The molecule has 26 heavy (non-hydrogen) atoms. The van der Waals surface area contributed by atoms with Gasteiger partial charge >= 0.3 is 5.97 Å². The SMILES string of the molecule is COC(=O)C1=C(N)Oc2c(ccc3cccnc23)C1c1ccc(Cl)cc1. The molecule has 0 amide bonds. The van der Waals surface area contributed by atoms with Gasteiger partial charge in [0.05, 0.1) is 13.0 Å². The number of fused-ring (bicyclic) bond motifs is 3. The Morgan fingerprint density at radius 2 is 1.96 bits per heavy atom. The van der Waals surface area contributed by atoms with Gasteiger partial charge in [0.1, 0.15) is 11.1 Å². The molecule has 1 aliphatic rings. The average molecular weight is 367 g/mol. The van der Waals surface area contributed by atoms with Crippen LogP contribution in [0.3, 0.4) is 0 Å². The maximum absolute atomic E-state index is 12.4. The van der Waals surface area contributed by atoms with Crippen molar-refractivity contribution < 1.29 is 14.3 Å². The molecule has 1 unspecified atom stereocenters. The number of hydrogen-bond acceptors (Lipinski definition) is 5. The Bertz CT molecular complexity index is 1040. The van der Waals surface area contributed by atoms with Crippen molar-refractivity contribution in [2.75, 3.05) is 7.11 Å². The van der Waals surface area contributed by atoms with Crippen LogP contribution in [0.2, 0.25) is 5.02 Å². The van der Waals surface area contributed by atoms with Crippen LogP contribution in [-0.4, -0.2) is 18.1 Å². The van der Waals surface area contributed by atoms with Crippen LogP contribution in [0.15, 0.2) is 66.2 Å². The number of pyridine rings is 1. The largest absolute Gasteiger partial charge is 0.465 e. The van der Waals surface area contributed by atoms with Crippen LogP contribution in [0.25, 0.3) is 10.9 Å². The van der Waals surface area contributed by atoms with Crippen molar-refractivity contribution in [2.45, 2.75) is 5.92 Å². The van der Waals surface area contributed by atoms with E-state index < -0.39 is 11.9 Å². The molecule has 1 aromatic heterocycles. The highest BCUT2D eigenvalue weighted by atomic mass is 35.5. The number of nitrogens with two attached hydrogens (primary N) is 1. The summed E-state index contributed by atoms with van der Waals surface area (Å²) in [5, 5.41) is 1.54. The number of methoxy groups -OCH3 is 1. The van der Waals surface area contributed by atoms with Crippen LogP contribution in [0.1, 0.15) is 17.0 Å².